The van der Waals surface area contributed by atoms with Crippen molar-refractivity contribution in [1.29, 1.82) is 0 Å². The van der Waals surface area contributed by atoms with Gasteiger partial charge in [0.15, 0.2) is 5.65 Å². The summed E-state index contributed by atoms with van der Waals surface area (Å²) in [5.74, 6) is 1.35. The zero-order valence-corrected chi connectivity index (χ0v) is 12.2. The van der Waals surface area contributed by atoms with E-state index in [0.717, 1.165) is 10.5 Å². The van der Waals surface area contributed by atoms with Gasteiger partial charge in [0.1, 0.15) is 24.5 Å². The first-order valence-electron chi connectivity index (χ1n) is 6.89. The molecule has 7 nitrogen and oxygen atoms in total. The molecule has 0 unspecified atom stereocenters. The molecule has 3 heterocycles. The van der Waals surface area contributed by atoms with Gasteiger partial charge in [-0.1, -0.05) is 0 Å². The molecule has 0 bridgehead atoms. The van der Waals surface area contributed by atoms with E-state index in [4.69, 9.17) is 0 Å². The second-order valence-electron chi connectivity index (χ2n) is 5.00. The maximum Gasteiger partial charge on any atom is 0.408 e. The highest BCUT2D eigenvalue weighted by Gasteiger charge is 2.28. The molecule has 122 valence electrons. The lowest BCUT2D eigenvalue weighted by molar-refractivity contribution is -0.142. The highest BCUT2D eigenvalue weighted by molar-refractivity contribution is 5.85. The Bertz CT molecular complexity index is 805. The lowest BCUT2D eigenvalue weighted by Crippen LogP contribution is -2.17. The van der Waals surface area contributed by atoms with Crippen LogP contribution >= 0.6 is 0 Å². The molecular weight excluding hydrogens is 311 g/mol. The Hall–Kier alpha value is -2.65. The highest BCUT2D eigenvalue weighted by Crippen LogP contribution is 2.21. The molecule has 0 spiro atoms. The number of alkyl halides is 3. The van der Waals surface area contributed by atoms with E-state index >= 15 is 0 Å². The van der Waals surface area contributed by atoms with Gasteiger partial charge in [0, 0.05) is 31.7 Å². The minimum atomic E-state index is -4.33. The summed E-state index contributed by atoms with van der Waals surface area (Å²) in [6.45, 7) is 1.95. The first-order chi connectivity index (χ1) is 10.9. The number of aryl methyl sites for hydroxylation is 1. The number of fused-ring (bicyclic) bond motifs is 1. The smallest absolute Gasteiger partial charge is 0.368 e. The molecule has 0 saturated carbocycles. The molecule has 3 aromatic heterocycles. The lowest BCUT2D eigenvalue weighted by atomic mass is 10.4. The molecule has 0 radical (unpaired) electrons. The number of anilines is 1. The van der Waals surface area contributed by atoms with E-state index in [1.807, 2.05) is 17.7 Å². The standard InChI is InChI=1S/C13H14F3N7/c1-9-17-2-4-22(9)5-3-18-11-10-6-23(7-13(14,15)16)21-12(10)20-8-19-11/h2,4,6,8H,3,5,7H2,1H3,(H,18,19,20,21). The van der Waals surface area contributed by atoms with Crippen LogP contribution in [0.2, 0.25) is 0 Å². The van der Waals surface area contributed by atoms with Gasteiger partial charge in [-0.15, -0.1) is 0 Å². The van der Waals surface area contributed by atoms with Crippen LogP contribution in [0.4, 0.5) is 19.0 Å². The highest BCUT2D eigenvalue weighted by atomic mass is 19.4. The maximum absolute atomic E-state index is 12.4. The van der Waals surface area contributed by atoms with Crippen molar-refractivity contribution in [2.75, 3.05) is 11.9 Å². The van der Waals surface area contributed by atoms with E-state index in [1.165, 1.54) is 12.5 Å². The van der Waals surface area contributed by atoms with Gasteiger partial charge in [-0.25, -0.2) is 15.0 Å². The van der Waals surface area contributed by atoms with Crippen LogP contribution < -0.4 is 5.32 Å². The second-order valence-corrected chi connectivity index (χ2v) is 5.00. The topological polar surface area (TPSA) is 73.5 Å². The number of hydrogen-bond acceptors (Lipinski definition) is 5. The quantitative estimate of drug-likeness (QED) is 0.777. The van der Waals surface area contributed by atoms with E-state index in [9.17, 15) is 13.2 Å². The van der Waals surface area contributed by atoms with Gasteiger partial charge in [-0.05, 0) is 6.92 Å². The van der Waals surface area contributed by atoms with Crippen molar-refractivity contribution in [3.05, 3.63) is 30.7 Å². The minimum Gasteiger partial charge on any atom is -0.368 e. The fraction of sp³-hybridized carbons (Fsp3) is 0.385. The number of nitrogens with zero attached hydrogens (tertiary/aromatic N) is 6. The van der Waals surface area contributed by atoms with Crippen molar-refractivity contribution in [2.24, 2.45) is 0 Å². The minimum absolute atomic E-state index is 0.227. The third-order valence-electron chi connectivity index (χ3n) is 3.27. The van der Waals surface area contributed by atoms with Crippen LogP contribution in [-0.4, -0.2) is 42.0 Å². The van der Waals surface area contributed by atoms with Crippen LogP contribution in [-0.2, 0) is 13.1 Å². The van der Waals surface area contributed by atoms with Crippen molar-refractivity contribution in [1.82, 2.24) is 29.3 Å². The molecule has 0 amide bonds. The molecule has 3 aromatic rings. The van der Waals surface area contributed by atoms with Crippen LogP contribution in [0, 0.1) is 6.92 Å². The van der Waals surface area contributed by atoms with E-state index in [2.05, 4.69) is 25.4 Å². The summed E-state index contributed by atoms with van der Waals surface area (Å²) in [5, 5.41) is 7.37. The van der Waals surface area contributed by atoms with Gasteiger partial charge in [0.2, 0.25) is 0 Å². The fourth-order valence-corrected chi connectivity index (χ4v) is 2.22. The van der Waals surface area contributed by atoms with Crippen LogP contribution in [0.5, 0.6) is 0 Å². The van der Waals surface area contributed by atoms with Crippen LogP contribution in [0.15, 0.2) is 24.9 Å². The van der Waals surface area contributed by atoms with Gasteiger partial charge in [0.05, 0.1) is 5.39 Å². The van der Waals surface area contributed by atoms with Gasteiger partial charge >= 0.3 is 6.18 Å². The summed E-state index contributed by atoms with van der Waals surface area (Å²) in [5.41, 5.74) is 0.227. The van der Waals surface area contributed by atoms with E-state index in [-0.39, 0.29) is 5.65 Å². The van der Waals surface area contributed by atoms with Crippen molar-refractivity contribution < 1.29 is 13.2 Å². The predicted molar refractivity (Wildman–Crippen MR) is 76.8 cm³/mol. The van der Waals surface area contributed by atoms with Crippen molar-refractivity contribution in [2.45, 2.75) is 26.2 Å². The summed E-state index contributed by atoms with van der Waals surface area (Å²) in [4.78, 5) is 12.1. The Kier molecular flexibility index (Phi) is 3.89. The Labute approximate surface area is 129 Å². The molecule has 10 heteroatoms. The third-order valence-corrected chi connectivity index (χ3v) is 3.27. The number of imidazole rings is 1. The summed E-state index contributed by atoms with van der Waals surface area (Å²) in [6, 6.07) is 0. The average molecular weight is 325 g/mol. The van der Waals surface area contributed by atoms with Crippen molar-refractivity contribution in [3.63, 3.8) is 0 Å². The van der Waals surface area contributed by atoms with Crippen molar-refractivity contribution >= 4 is 16.9 Å². The van der Waals surface area contributed by atoms with Gasteiger partial charge < -0.3 is 9.88 Å². The summed E-state index contributed by atoms with van der Waals surface area (Å²) < 4.78 is 40.1. The Balaban J connectivity index is 1.74. The molecule has 3 rings (SSSR count). The summed E-state index contributed by atoms with van der Waals surface area (Å²) in [6.07, 6.45) is 1.81. The molecule has 0 aliphatic rings. The average Bonchev–Trinajstić information content (AvgIpc) is 3.03. The third kappa shape index (κ3) is 3.58. The van der Waals surface area contributed by atoms with Crippen molar-refractivity contribution in [3.8, 4) is 0 Å². The molecule has 0 saturated heterocycles. The fourth-order valence-electron chi connectivity index (χ4n) is 2.22. The van der Waals surface area contributed by atoms with Gasteiger partial charge in [0.25, 0.3) is 0 Å². The molecule has 0 fully saturated rings. The first-order valence-corrected chi connectivity index (χ1v) is 6.89. The van der Waals surface area contributed by atoms with E-state index in [1.54, 1.807) is 6.20 Å². The molecule has 0 aliphatic carbocycles. The maximum atomic E-state index is 12.4. The number of hydrogen-bond donors (Lipinski definition) is 1. The Morgan fingerprint density at radius 3 is 2.74 bits per heavy atom. The molecule has 0 aromatic carbocycles. The normalized spacial score (nSPS) is 12.0. The number of rotatable bonds is 5. The van der Waals surface area contributed by atoms with Crippen LogP contribution in [0.25, 0.3) is 11.0 Å². The molecule has 0 aliphatic heterocycles. The Morgan fingerprint density at radius 2 is 2.04 bits per heavy atom. The molecule has 0 atom stereocenters. The summed E-state index contributed by atoms with van der Waals surface area (Å²) in [7, 11) is 0. The zero-order valence-electron chi connectivity index (χ0n) is 12.2. The first kappa shape index (κ1) is 15.3. The molecule has 1 N–H and O–H groups in total. The number of nitrogens with one attached hydrogen (secondary N) is 1. The zero-order chi connectivity index (χ0) is 16.4. The number of aromatic nitrogens is 6. The molecular formula is C13H14F3N7. The van der Waals surface area contributed by atoms with E-state index < -0.39 is 12.7 Å². The SMILES string of the molecule is Cc1nccn1CCNc1ncnc2nn(CC(F)(F)F)cc12. The Morgan fingerprint density at radius 1 is 1.22 bits per heavy atom. The van der Waals surface area contributed by atoms with E-state index in [0.29, 0.717) is 24.3 Å². The number of halogens is 3. The van der Waals surface area contributed by atoms with Crippen LogP contribution in [0.1, 0.15) is 5.82 Å². The second kappa shape index (κ2) is 5.86. The van der Waals surface area contributed by atoms with Gasteiger partial charge in [-0.3, -0.25) is 4.68 Å². The summed E-state index contributed by atoms with van der Waals surface area (Å²) >= 11 is 0. The van der Waals surface area contributed by atoms with Gasteiger partial charge in [-0.2, -0.15) is 18.3 Å². The predicted octanol–water partition coefficient (Wildman–Crippen LogP) is 2.01. The largest absolute Gasteiger partial charge is 0.408 e. The lowest BCUT2D eigenvalue weighted by Gasteiger charge is -2.07. The monoisotopic (exact) mass is 325 g/mol. The molecule has 23 heavy (non-hydrogen) atoms. The van der Waals surface area contributed by atoms with Crippen LogP contribution in [0.3, 0.4) is 0 Å².